The molecule has 0 unspecified atom stereocenters. The summed E-state index contributed by atoms with van der Waals surface area (Å²) in [5.41, 5.74) is 1.49. The first kappa shape index (κ1) is 29.0. The summed E-state index contributed by atoms with van der Waals surface area (Å²) in [7, 11) is 0. The monoisotopic (exact) mass is 548 g/mol. The lowest BCUT2D eigenvalue weighted by Gasteiger charge is -2.10. The second-order valence-corrected chi connectivity index (χ2v) is 8.32. The van der Waals surface area contributed by atoms with Gasteiger partial charge in [-0.2, -0.15) is 5.11 Å². The van der Waals surface area contributed by atoms with Crippen LogP contribution in [-0.2, 0) is 9.59 Å². The highest BCUT2D eigenvalue weighted by atomic mass is 16.4. The number of aliphatic carboxylic acids is 2. The third-order valence-corrected chi connectivity index (χ3v) is 5.45. The highest BCUT2D eigenvalue weighted by Crippen LogP contribution is 2.33. The molecule has 3 aromatic rings. The van der Waals surface area contributed by atoms with Crippen LogP contribution in [-0.4, -0.2) is 63.2 Å². The van der Waals surface area contributed by atoms with E-state index in [1.807, 2.05) is 0 Å². The summed E-state index contributed by atoms with van der Waals surface area (Å²) in [4.78, 5) is 57.6. The van der Waals surface area contributed by atoms with Gasteiger partial charge < -0.3 is 31.1 Å². The van der Waals surface area contributed by atoms with Gasteiger partial charge in [-0.05, 0) is 54.1 Å². The van der Waals surface area contributed by atoms with E-state index in [0.29, 0.717) is 11.1 Å². The summed E-state index contributed by atoms with van der Waals surface area (Å²) < 4.78 is 0. The standard InChI is InChI=1S/C27H24N4O9/c32-22-8-6-18(14-20(22)27(39)40)30-31-21-7-5-17(26(38)29-12-10-24(35)36)13-19(21)15-1-3-16(4-2-15)25(37)28-11-9-23(33)34/h1-8,13-14,32H,9-12H2,(H,28,37)(H,29,38)(H,33,34)(H,35,36)(H,39,40). The van der Waals surface area contributed by atoms with Crippen LogP contribution in [0.1, 0.15) is 43.9 Å². The number of amides is 2. The maximum absolute atomic E-state index is 12.6. The van der Waals surface area contributed by atoms with Crippen molar-refractivity contribution in [1.29, 1.82) is 0 Å². The lowest BCUT2D eigenvalue weighted by atomic mass is 9.99. The fourth-order valence-corrected chi connectivity index (χ4v) is 3.44. The number of nitrogens with one attached hydrogen (secondary N) is 2. The first-order valence-electron chi connectivity index (χ1n) is 11.8. The van der Waals surface area contributed by atoms with E-state index in [4.69, 9.17) is 10.2 Å². The van der Waals surface area contributed by atoms with Gasteiger partial charge in [-0.15, -0.1) is 5.11 Å². The predicted octanol–water partition coefficient (Wildman–Crippen LogP) is 3.58. The van der Waals surface area contributed by atoms with Crippen molar-refractivity contribution in [3.05, 3.63) is 77.4 Å². The number of carboxylic acid groups (broad SMARTS) is 3. The van der Waals surface area contributed by atoms with E-state index in [1.165, 1.54) is 42.5 Å². The van der Waals surface area contributed by atoms with E-state index < -0.39 is 35.5 Å². The van der Waals surface area contributed by atoms with Crippen LogP contribution >= 0.6 is 0 Å². The third-order valence-electron chi connectivity index (χ3n) is 5.45. The Hall–Kier alpha value is -5.59. The van der Waals surface area contributed by atoms with Crippen molar-refractivity contribution in [2.24, 2.45) is 10.2 Å². The van der Waals surface area contributed by atoms with Crippen LogP contribution in [0.25, 0.3) is 11.1 Å². The number of carbonyl (C=O) groups is 5. The third kappa shape index (κ3) is 7.95. The molecule has 2 amide bonds. The summed E-state index contributed by atoms with van der Waals surface area (Å²) in [6.45, 7) is -0.121. The first-order chi connectivity index (χ1) is 19.0. The Balaban J connectivity index is 1.94. The highest BCUT2D eigenvalue weighted by Gasteiger charge is 2.14. The van der Waals surface area contributed by atoms with Crippen LogP contribution < -0.4 is 10.6 Å². The Kier molecular flexibility index (Phi) is 9.62. The minimum absolute atomic E-state index is 0.0413. The number of aromatic carboxylic acids is 1. The van der Waals surface area contributed by atoms with Crippen LogP contribution in [0, 0.1) is 0 Å². The van der Waals surface area contributed by atoms with E-state index in [0.717, 1.165) is 6.07 Å². The van der Waals surface area contributed by atoms with E-state index in [2.05, 4.69) is 20.9 Å². The van der Waals surface area contributed by atoms with Gasteiger partial charge in [0.15, 0.2) is 0 Å². The summed E-state index contributed by atoms with van der Waals surface area (Å²) in [5.74, 6) is -4.89. The molecule has 0 spiro atoms. The van der Waals surface area contributed by atoms with Crippen LogP contribution in [0.15, 0.2) is 70.9 Å². The van der Waals surface area contributed by atoms with Gasteiger partial charge in [0, 0.05) is 29.8 Å². The largest absolute Gasteiger partial charge is 0.507 e. The molecule has 0 radical (unpaired) electrons. The number of hydrogen-bond acceptors (Lipinski definition) is 8. The molecule has 0 heterocycles. The predicted molar refractivity (Wildman–Crippen MR) is 140 cm³/mol. The summed E-state index contributed by atoms with van der Waals surface area (Å²) >= 11 is 0. The van der Waals surface area contributed by atoms with Crippen molar-refractivity contribution in [2.45, 2.75) is 12.8 Å². The van der Waals surface area contributed by atoms with Crippen LogP contribution in [0.4, 0.5) is 11.4 Å². The highest BCUT2D eigenvalue weighted by molar-refractivity contribution is 5.98. The first-order valence-corrected chi connectivity index (χ1v) is 11.8. The number of aromatic hydroxyl groups is 1. The molecule has 0 aromatic heterocycles. The van der Waals surface area contributed by atoms with Crippen molar-refractivity contribution in [3.63, 3.8) is 0 Å². The summed E-state index contributed by atoms with van der Waals surface area (Å²) in [6, 6.07) is 14.3. The molecule has 0 saturated heterocycles. The Morgan fingerprint density at radius 3 is 1.82 bits per heavy atom. The lowest BCUT2D eigenvalue weighted by molar-refractivity contribution is -0.137. The lowest BCUT2D eigenvalue weighted by Crippen LogP contribution is -2.26. The maximum atomic E-state index is 12.6. The zero-order valence-electron chi connectivity index (χ0n) is 20.8. The van der Waals surface area contributed by atoms with E-state index in [9.17, 15) is 34.2 Å². The smallest absolute Gasteiger partial charge is 0.339 e. The fraction of sp³-hybridized carbons (Fsp3) is 0.148. The molecule has 0 atom stereocenters. The van der Waals surface area contributed by atoms with Gasteiger partial charge in [0.1, 0.15) is 11.3 Å². The van der Waals surface area contributed by atoms with Crippen molar-refractivity contribution in [1.82, 2.24) is 10.6 Å². The molecule has 0 bridgehead atoms. The molecule has 13 heteroatoms. The van der Waals surface area contributed by atoms with E-state index in [-0.39, 0.29) is 54.0 Å². The molecule has 6 N–H and O–H groups in total. The maximum Gasteiger partial charge on any atom is 0.339 e. The molecule has 13 nitrogen and oxygen atoms in total. The quantitative estimate of drug-likeness (QED) is 0.182. The van der Waals surface area contributed by atoms with Crippen LogP contribution in [0.5, 0.6) is 5.75 Å². The Labute approximate surface area is 226 Å². The minimum Gasteiger partial charge on any atom is -0.507 e. The van der Waals surface area contributed by atoms with Crippen molar-refractivity contribution in [3.8, 4) is 16.9 Å². The molecular weight excluding hydrogens is 524 g/mol. The molecule has 206 valence electrons. The molecule has 0 aliphatic heterocycles. The molecule has 40 heavy (non-hydrogen) atoms. The Morgan fingerprint density at radius 1 is 0.675 bits per heavy atom. The average Bonchev–Trinajstić information content (AvgIpc) is 2.92. The van der Waals surface area contributed by atoms with Crippen molar-refractivity contribution < 1.29 is 44.4 Å². The van der Waals surface area contributed by atoms with Gasteiger partial charge in [-0.1, -0.05) is 12.1 Å². The van der Waals surface area contributed by atoms with Crippen LogP contribution in [0.3, 0.4) is 0 Å². The number of benzene rings is 3. The molecule has 0 saturated carbocycles. The van der Waals surface area contributed by atoms with Crippen molar-refractivity contribution in [2.75, 3.05) is 13.1 Å². The van der Waals surface area contributed by atoms with Crippen molar-refractivity contribution >= 4 is 41.1 Å². The minimum atomic E-state index is -1.35. The second-order valence-electron chi connectivity index (χ2n) is 8.32. The van der Waals surface area contributed by atoms with Gasteiger partial charge in [-0.25, -0.2) is 4.79 Å². The molecule has 0 aliphatic carbocycles. The number of hydrogen-bond donors (Lipinski definition) is 6. The summed E-state index contributed by atoms with van der Waals surface area (Å²) in [5, 5.41) is 49.7. The number of nitrogens with zero attached hydrogens (tertiary/aromatic N) is 2. The number of rotatable bonds is 12. The van der Waals surface area contributed by atoms with Gasteiger partial charge in [-0.3, -0.25) is 19.2 Å². The Bertz CT molecular complexity index is 1480. The van der Waals surface area contributed by atoms with Gasteiger partial charge in [0.2, 0.25) is 0 Å². The summed E-state index contributed by atoms with van der Waals surface area (Å²) in [6.07, 6.45) is -0.486. The average molecular weight is 549 g/mol. The SMILES string of the molecule is O=C(O)CCNC(=O)c1ccc(-c2cc(C(=O)NCCC(=O)O)ccc2N=Nc2ccc(O)c(C(=O)O)c2)cc1. The zero-order valence-corrected chi connectivity index (χ0v) is 20.8. The number of phenols is 1. The normalized spacial score (nSPS) is 10.7. The molecule has 0 aliphatic rings. The van der Waals surface area contributed by atoms with Crippen LogP contribution in [0.2, 0.25) is 0 Å². The number of carboxylic acids is 3. The van der Waals surface area contributed by atoms with E-state index >= 15 is 0 Å². The van der Waals surface area contributed by atoms with Gasteiger partial charge in [0.05, 0.1) is 24.2 Å². The molecule has 3 rings (SSSR count). The van der Waals surface area contributed by atoms with Gasteiger partial charge >= 0.3 is 17.9 Å². The number of azo groups is 1. The Morgan fingerprint density at radius 2 is 1.25 bits per heavy atom. The zero-order chi connectivity index (χ0) is 29.2. The molecule has 3 aromatic carbocycles. The molecule has 0 fully saturated rings. The number of carbonyl (C=O) groups excluding carboxylic acids is 2. The topological polar surface area (TPSA) is 215 Å². The van der Waals surface area contributed by atoms with E-state index in [1.54, 1.807) is 12.1 Å². The van der Waals surface area contributed by atoms with Gasteiger partial charge in [0.25, 0.3) is 11.8 Å². The molecular formula is C27H24N4O9. The second kappa shape index (κ2) is 13.3. The fourth-order valence-electron chi connectivity index (χ4n) is 3.44.